The van der Waals surface area contributed by atoms with Gasteiger partial charge in [-0.05, 0) is 28.8 Å². The minimum absolute atomic E-state index is 0.491. The molecule has 0 amide bonds. The molecule has 0 fully saturated rings. The molecule has 0 bridgehead atoms. The lowest BCUT2D eigenvalue weighted by Gasteiger charge is -2.12. The first-order valence-corrected chi connectivity index (χ1v) is 8.50. The van der Waals surface area contributed by atoms with E-state index >= 15 is 0 Å². The lowest BCUT2D eigenvalue weighted by atomic mass is 10.1. The SMILES string of the molecule is OC(CNCc1ccc(OCc2ccccc2)cc1)c1ccccc1. The van der Waals surface area contributed by atoms with E-state index in [-0.39, 0.29) is 0 Å². The summed E-state index contributed by atoms with van der Waals surface area (Å²) >= 11 is 0. The van der Waals surface area contributed by atoms with Crippen molar-refractivity contribution in [1.29, 1.82) is 0 Å². The van der Waals surface area contributed by atoms with E-state index < -0.39 is 6.10 Å². The number of hydrogen-bond acceptors (Lipinski definition) is 3. The third kappa shape index (κ3) is 5.45. The fourth-order valence-electron chi connectivity index (χ4n) is 2.59. The van der Waals surface area contributed by atoms with Crippen LogP contribution in [0.4, 0.5) is 0 Å². The Labute approximate surface area is 148 Å². The van der Waals surface area contributed by atoms with Gasteiger partial charge in [-0.2, -0.15) is 0 Å². The molecule has 0 saturated heterocycles. The van der Waals surface area contributed by atoms with Crippen molar-refractivity contribution < 1.29 is 9.84 Å². The monoisotopic (exact) mass is 333 g/mol. The lowest BCUT2D eigenvalue weighted by molar-refractivity contribution is 0.174. The van der Waals surface area contributed by atoms with E-state index in [4.69, 9.17) is 4.74 Å². The van der Waals surface area contributed by atoms with Crippen LogP contribution in [0.1, 0.15) is 22.8 Å². The van der Waals surface area contributed by atoms with Crippen LogP contribution in [0.5, 0.6) is 5.75 Å². The highest BCUT2D eigenvalue weighted by molar-refractivity contribution is 5.28. The van der Waals surface area contributed by atoms with Gasteiger partial charge in [0, 0.05) is 13.1 Å². The topological polar surface area (TPSA) is 41.5 Å². The number of ether oxygens (including phenoxy) is 1. The Kier molecular flexibility index (Phi) is 6.21. The number of rotatable bonds is 8. The lowest BCUT2D eigenvalue weighted by Crippen LogP contribution is -2.20. The Morgan fingerprint density at radius 2 is 1.40 bits per heavy atom. The molecule has 0 aliphatic heterocycles. The summed E-state index contributed by atoms with van der Waals surface area (Å²) in [7, 11) is 0. The minimum Gasteiger partial charge on any atom is -0.489 e. The van der Waals surface area contributed by atoms with Crippen LogP contribution >= 0.6 is 0 Å². The third-order valence-electron chi connectivity index (χ3n) is 4.02. The summed E-state index contributed by atoms with van der Waals surface area (Å²) in [6.07, 6.45) is -0.491. The average Bonchev–Trinajstić information content (AvgIpc) is 2.69. The highest BCUT2D eigenvalue weighted by atomic mass is 16.5. The summed E-state index contributed by atoms with van der Waals surface area (Å²) < 4.78 is 5.79. The molecule has 2 N–H and O–H groups in total. The Morgan fingerprint density at radius 1 is 0.760 bits per heavy atom. The van der Waals surface area contributed by atoms with E-state index in [2.05, 4.69) is 17.4 Å². The smallest absolute Gasteiger partial charge is 0.119 e. The van der Waals surface area contributed by atoms with E-state index in [9.17, 15) is 5.11 Å². The van der Waals surface area contributed by atoms with E-state index in [1.165, 1.54) is 0 Å². The normalized spacial score (nSPS) is 11.9. The first-order valence-electron chi connectivity index (χ1n) is 8.50. The Hall–Kier alpha value is -2.62. The van der Waals surface area contributed by atoms with Crippen LogP contribution in [0.3, 0.4) is 0 Å². The summed E-state index contributed by atoms with van der Waals surface area (Å²) in [5, 5.41) is 13.4. The second-order valence-corrected chi connectivity index (χ2v) is 5.98. The highest BCUT2D eigenvalue weighted by Crippen LogP contribution is 2.15. The van der Waals surface area contributed by atoms with Crippen LogP contribution in [-0.2, 0) is 13.2 Å². The molecule has 0 spiro atoms. The van der Waals surface area contributed by atoms with Crippen LogP contribution in [0.25, 0.3) is 0 Å². The summed E-state index contributed by atoms with van der Waals surface area (Å²) in [5.41, 5.74) is 3.25. The first kappa shape index (κ1) is 17.2. The molecule has 3 aromatic carbocycles. The Morgan fingerprint density at radius 3 is 2.08 bits per heavy atom. The van der Waals surface area contributed by atoms with Gasteiger partial charge in [-0.15, -0.1) is 0 Å². The van der Waals surface area contributed by atoms with E-state index in [0.29, 0.717) is 19.7 Å². The van der Waals surface area contributed by atoms with Crippen molar-refractivity contribution in [3.8, 4) is 5.75 Å². The zero-order valence-corrected chi connectivity index (χ0v) is 14.1. The second kappa shape index (κ2) is 9.02. The van der Waals surface area contributed by atoms with Gasteiger partial charge in [0.05, 0.1) is 6.10 Å². The molecule has 3 rings (SSSR count). The van der Waals surface area contributed by atoms with Crippen LogP contribution in [0.2, 0.25) is 0 Å². The van der Waals surface area contributed by atoms with Crippen molar-refractivity contribution in [3.05, 3.63) is 102 Å². The maximum Gasteiger partial charge on any atom is 0.119 e. The summed E-state index contributed by atoms with van der Waals surface area (Å²) in [5.74, 6) is 0.858. The predicted octanol–water partition coefficient (Wildman–Crippen LogP) is 4.09. The van der Waals surface area contributed by atoms with Gasteiger partial charge >= 0.3 is 0 Å². The summed E-state index contributed by atoms with van der Waals surface area (Å²) in [6.45, 7) is 1.81. The molecule has 1 atom stereocenters. The zero-order chi connectivity index (χ0) is 17.3. The average molecular weight is 333 g/mol. The van der Waals surface area contributed by atoms with Crippen molar-refractivity contribution in [2.75, 3.05) is 6.54 Å². The van der Waals surface area contributed by atoms with Crippen LogP contribution in [-0.4, -0.2) is 11.7 Å². The molecule has 0 saturated carbocycles. The van der Waals surface area contributed by atoms with E-state index in [1.807, 2.05) is 72.8 Å². The fraction of sp³-hybridized carbons (Fsp3) is 0.182. The Balaban J connectivity index is 1.43. The maximum absolute atomic E-state index is 10.1. The number of nitrogens with one attached hydrogen (secondary N) is 1. The molecule has 128 valence electrons. The van der Waals surface area contributed by atoms with Gasteiger partial charge in [0.15, 0.2) is 0 Å². The number of aliphatic hydroxyl groups is 1. The second-order valence-electron chi connectivity index (χ2n) is 5.98. The number of aliphatic hydroxyl groups excluding tert-OH is 1. The van der Waals surface area contributed by atoms with Crippen molar-refractivity contribution in [2.24, 2.45) is 0 Å². The van der Waals surface area contributed by atoms with Crippen molar-refractivity contribution >= 4 is 0 Å². The number of benzene rings is 3. The Bertz CT molecular complexity index is 742. The van der Waals surface area contributed by atoms with Crippen molar-refractivity contribution in [3.63, 3.8) is 0 Å². The van der Waals surface area contributed by atoms with E-state index in [0.717, 1.165) is 22.4 Å². The van der Waals surface area contributed by atoms with E-state index in [1.54, 1.807) is 0 Å². The first-order chi connectivity index (χ1) is 12.3. The molecule has 3 aromatic rings. The molecule has 0 radical (unpaired) electrons. The zero-order valence-electron chi connectivity index (χ0n) is 14.1. The van der Waals surface area contributed by atoms with Gasteiger partial charge in [-0.25, -0.2) is 0 Å². The molecule has 0 aromatic heterocycles. The third-order valence-corrected chi connectivity index (χ3v) is 4.02. The molecule has 0 aliphatic rings. The largest absolute Gasteiger partial charge is 0.489 e. The quantitative estimate of drug-likeness (QED) is 0.652. The van der Waals surface area contributed by atoms with Gasteiger partial charge < -0.3 is 15.2 Å². The highest BCUT2D eigenvalue weighted by Gasteiger charge is 2.05. The van der Waals surface area contributed by atoms with Crippen molar-refractivity contribution in [2.45, 2.75) is 19.3 Å². The molecule has 0 aliphatic carbocycles. The molecule has 1 unspecified atom stereocenters. The summed E-state index contributed by atoms with van der Waals surface area (Å²) in [4.78, 5) is 0. The van der Waals surface area contributed by atoms with Crippen LogP contribution in [0.15, 0.2) is 84.9 Å². The molecular weight excluding hydrogens is 310 g/mol. The minimum atomic E-state index is -0.491. The van der Waals surface area contributed by atoms with Gasteiger partial charge in [-0.1, -0.05) is 72.8 Å². The maximum atomic E-state index is 10.1. The van der Waals surface area contributed by atoms with Gasteiger partial charge in [-0.3, -0.25) is 0 Å². The summed E-state index contributed by atoms with van der Waals surface area (Å²) in [6, 6.07) is 27.9. The molecule has 0 heterocycles. The standard InChI is InChI=1S/C22H23NO2/c24-22(20-9-5-2-6-10-20)16-23-15-18-11-13-21(14-12-18)25-17-19-7-3-1-4-8-19/h1-14,22-24H,15-17H2. The van der Waals surface area contributed by atoms with Crippen LogP contribution in [0, 0.1) is 0 Å². The van der Waals surface area contributed by atoms with Gasteiger partial charge in [0.2, 0.25) is 0 Å². The van der Waals surface area contributed by atoms with Crippen molar-refractivity contribution in [1.82, 2.24) is 5.32 Å². The van der Waals surface area contributed by atoms with Crippen LogP contribution < -0.4 is 10.1 Å². The van der Waals surface area contributed by atoms with Gasteiger partial charge in [0.25, 0.3) is 0 Å². The molecule has 3 heteroatoms. The fourth-order valence-corrected chi connectivity index (χ4v) is 2.59. The molecule has 25 heavy (non-hydrogen) atoms. The molecular formula is C22H23NO2. The molecule has 3 nitrogen and oxygen atoms in total. The van der Waals surface area contributed by atoms with Gasteiger partial charge in [0.1, 0.15) is 12.4 Å². The predicted molar refractivity (Wildman–Crippen MR) is 100 cm³/mol. The number of hydrogen-bond donors (Lipinski definition) is 2.